The van der Waals surface area contributed by atoms with Gasteiger partial charge >= 0.3 is 5.97 Å². The van der Waals surface area contributed by atoms with Crippen LogP contribution >= 0.6 is 0 Å². The number of carbonyl (C=O) groups excluding carboxylic acids is 1. The molecule has 7 nitrogen and oxygen atoms in total. The summed E-state index contributed by atoms with van der Waals surface area (Å²) in [5, 5.41) is 0. The number of rotatable bonds is 13. The number of ether oxygens (including phenoxy) is 3. The standard InChI is InChI=1S/C18H28O7S/c1-4-22-18(23-5-2)11-17(12-24-15(3)19)13-25-26(20,21)14-16-9-7-6-8-10-16/h6-10,17-18H,4-5,11-14H2,1-3H3/t17-/m0/s1. The zero-order valence-corrected chi connectivity index (χ0v) is 16.4. The quantitative estimate of drug-likeness (QED) is 0.291. The molecule has 1 aromatic carbocycles. The number of hydrogen-bond donors (Lipinski definition) is 0. The lowest BCUT2D eigenvalue weighted by molar-refractivity contribution is -0.156. The number of hydrogen-bond acceptors (Lipinski definition) is 7. The van der Waals surface area contributed by atoms with E-state index in [0.717, 1.165) is 0 Å². The largest absolute Gasteiger partial charge is 0.465 e. The van der Waals surface area contributed by atoms with E-state index in [0.29, 0.717) is 25.2 Å². The van der Waals surface area contributed by atoms with Crippen molar-refractivity contribution < 1.29 is 31.6 Å². The third-order valence-corrected chi connectivity index (χ3v) is 4.60. The Kier molecular flexibility index (Phi) is 10.4. The lowest BCUT2D eigenvalue weighted by Gasteiger charge is -2.23. The first-order chi connectivity index (χ1) is 12.4. The fraction of sp³-hybridized carbons (Fsp3) is 0.611. The van der Waals surface area contributed by atoms with Crippen molar-refractivity contribution in [2.75, 3.05) is 26.4 Å². The van der Waals surface area contributed by atoms with E-state index in [1.807, 2.05) is 19.9 Å². The number of carbonyl (C=O) groups is 1. The molecule has 0 radical (unpaired) electrons. The highest BCUT2D eigenvalue weighted by molar-refractivity contribution is 7.85. The topological polar surface area (TPSA) is 88.1 Å². The van der Waals surface area contributed by atoms with E-state index in [1.165, 1.54) is 6.92 Å². The fourth-order valence-electron chi connectivity index (χ4n) is 2.27. The Morgan fingerprint density at radius 1 is 1.04 bits per heavy atom. The van der Waals surface area contributed by atoms with E-state index in [1.54, 1.807) is 24.3 Å². The molecule has 0 aromatic heterocycles. The Morgan fingerprint density at radius 3 is 2.19 bits per heavy atom. The van der Waals surface area contributed by atoms with Crippen LogP contribution in [0.3, 0.4) is 0 Å². The maximum atomic E-state index is 12.2. The highest BCUT2D eigenvalue weighted by atomic mass is 32.2. The third kappa shape index (κ3) is 9.86. The molecule has 0 saturated heterocycles. The minimum absolute atomic E-state index is 0.0346. The predicted molar refractivity (Wildman–Crippen MR) is 96.8 cm³/mol. The number of esters is 1. The van der Waals surface area contributed by atoms with Crippen LogP contribution in [0.5, 0.6) is 0 Å². The Balaban J connectivity index is 2.66. The maximum absolute atomic E-state index is 12.2. The predicted octanol–water partition coefficient (Wildman–Crippen LogP) is 2.50. The smallest absolute Gasteiger partial charge is 0.302 e. The molecule has 1 atom stereocenters. The van der Waals surface area contributed by atoms with Crippen LogP contribution in [-0.2, 0) is 39.1 Å². The Morgan fingerprint density at radius 2 is 1.65 bits per heavy atom. The summed E-state index contributed by atoms with van der Waals surface area (Å²) < 4.78 is 45.5. The van der Waals surface area contributed by atoms with Crippen LogP contribution in [0.15, 0.2) is 30.3 Å². The highest BCUT2D eigenvalue weighted by Crippen LogP contribution is 2.16. The van der Waals surface area contributed by atoms with Gasteiger partial charge in [0.05, 0.1) is 13.2 Å². The SMILES string of the molecule is CCOC(C[C@@H](COC(C)=O)COS(=O)(=O)Cc1ccccc1)OCC. The van der Waals surface area contributed by atoms with Gasteiger partial charge in [0.25, 0.3) is 10.1 Å². The molecule has 0 spiro atoms. The van der Waals surface area contributed by atoms with Gasteiger partial charge in [-0.1, -0.05) is 30.3 Å². The van der Waals surface area contributed by atoms with Crippen LogP contribution in [0.2, 0.25) is 0 Å². The zero-order chi connectivity index (χ0) is 19.4. The molecular weight excluding hydrogens is 360 g/mol. The molecule has 0 saturated carbocycles. The molecule has 0 aliphatic carbocycles. The second kappa shape index (κ2) is 12.0. The molecular formula is C18H28O7S. The molecule has 0 heterocycles. The Bertz CT molecular complexity index is 610. The molecule has 148 valence electrons. The van der Waals surface area contributed by atoms with E-state index >= 15 is 0 Å². The molecule has 0 aliphatic rings. The van der Waals surface area contributed by atoms with Crippen LogP contribution in [0.1, 0.15) is 32.8 Å². The van der Waals surface area contributed by atoms with Crippen molar-refractivity contribution in [1.82, 2.24) is 0 Å². The Hall–Kier alpha value is -1.48. The van der Waals surface area contributed by atoms with E-state index < -0.39 is 22.4 Å². The second-order valence-electron chi connectivity index (χ2n) is 5.72. The van der Waals surface area contributed by atoms with E-state index in [4.69, 9.17) is 18.4 Å². The summed E-state index contributed by atoms with van der Waals surface area (Å²) in [5.41, 5.74) is 0.644. The molecule has 0 amide bonds. The Labute approximate surface area is 155 Å². The minimum atomic E-state index is -3.75. The molecule has 1 aromatic rings. The van der Waals surface area contributed by atoms with Crippen molar-refractivity contribution in [3.8, 4) is 0 Å². The van der Waals surface area contributed by atoms with Crippen LogP contribution in [0.4, 0.5) is 0 Å². The van der Waals surface area contributed by atoms with Crippen molar-refractivity contribution in [3.05, 3.63) is 35.9 Å². The van der Waals surface area contributed by atoms with Crippen molar-refractivity contribution >= 4 is 16.1 Å². The highest BCUT2D eigenvalue weighted by Gasteiger charge is 2.22. The summed E-state index contributed by atoms with van der Waals surface area (Å²) in [6.07, 6.45) is -0.151. The van der Waals surface area contributed by atoms with Gasteiger partial charge < -0.3 is 14.2 Å². The van der Waals surface area contributed by atoms with E-state index in [-0.39, 0.29) is 24.9 Å². The molecule has 26 heavy (non-hydrogen) atoms. The maximum Gasteiger partial charge on any atom is 0.302 e. The van der Waals surface area contributed by atoms with Gasteiger partial charge in [0.15, 0.2) is 6.29 Å². The fourth-order valence-corrected chi connectivity index (χ4v) is 3.35. The van der Waals surface area contributed by atoms with Crippen LogP contribution in [0, 0.1) is 5.92 Å². The van der Waals surface area contributed by atoms with Gasteiger partial charge in [-0.05, 0) is 19.4 Å². The van der Waals surface area contributed by atoms with Gasteiger partial charge in [-0.25, -0.2) is 0 Å². The normalized spacial score (nSPS) is 12.9. The average molecular weight is 388 g/mol. The van der Waals surface area contributed by atoms with Gasteiger partial charge in [0, 0.05) is 32.5 Å². The molecule has 0 unspecified atom stereocenters. The summed E-state index contributed by atoms with van der Waals surface area (Å²) in [5.74, 6) is -1.02. The van der Waals surface area contributed by atoms with Crippen molar-refractivity contribution in [3.63, 3.8) is 0 Å². The first kappa shape index (κ1) is 22.6. The second-order valence-corrected chi connectivity index (χ2v) is 7.36. The zero-order valence-electron chi connectivity index (χ0n) is 15.6. The molecule has 0 N–H and O–H groups in total. The summed E-state index contributed by atoms with van der Waals surface area (Å²) in [7, 11) is -3.75. The summed E-state index contributed by atoms with van der Waals surface area (Å²) in [6, 6.07) is 8.79. The monoisotopic (exact) mass is 388 g/mol. The van der Waals surface area contributed by atoms with Crippen LogP contribution in [0.25, 0.3) is 0 Å². The summed E-state index contributed by atoms with van der Waals surface area (Å²) >= 11 is 0. The van der Waals surface area contributed by atoms with Crippen molar-refractivity contribution in [2.24, 2.45) is 5.92 Å². The summed E-state index contributed by atoms with van der Waals surface area (Å²) in [6.45, 7) is 5.82. The average Bonchev–Trinajstić information content (AvgIpc) is 2.58. The van der Waals surface area contributed by atoms with Crippen LogP contribution in [-0.4, -0.2) is 47.1 Å². The molecule has 1 rings (SSSR count). The molecule has 8 heteroatoms. The molecule has 0 fully saturated rings. The first-order valence-corrected chi connectivity index (χ1v) is 10.2. The minimum Gasteiger partial charge on any atom is -0.465 e. The van der Waals surface area contributed by atoms with Crippen molar-refractivity contribution in [2.45, 2.75) is 39.2 Å². The number of benzene rings is 1. The summed E-state index contributed by atoms with van der Waals surface area (Å²) in [4.78, 5) is 11.1. The molecule has 0 bridgehead atoms. The van der Waals surface area contributed by atoms with E-state index in [2.05, 4.69) is 0 Å². The van der Waals surface area contributed by atoms with Gasteiger partial charge in [-0.2, -0.15) is 8.42 Å². The first-order valence-electron chi connectivity index (χ1n) is 8.63. The van der Waals surface area contributed by atoms with Gasteiger partial charge in [0.2, 0.25) is 0 Å². The third-order valence-electron chi connectivity index (χ3n) is 3.42. The van der Waals surface area contributed by atoms with Gasteiger partial charge in [-0.3, -0.25) is 8.98 Å². The molecule has 0 aliphatic heterocycles. The van der Waals surface area contributed by atoms with Gasteiger partial charge in [-0.15, -0.1) is 0 Å². The van der Waals surface area contributed by atoms with Crippen LogP contribution < -0.4 is 0 Å². The van der Waals surface area contributed by atoms with Gasteiger partial charge in [0.1, 0.15) is 5.75 Å². The lowest BCUT2D eigenvalue weighted by atomic mass is 10.1. The van der Waals surface area contributed by atoms with E-state index in [9.17, 15) is 13.2 Å². The van der Waals surface area contributed by atoms with Crippen molar-refractivity contribution in [1.29, 1.82) is 0 Å². The lowest BCUT2D eigenvalue weighted by Crippen LogP contribution is -2.28.